The van der Waals surface area contributed by atoms with Gasteiger partial charge < -0.3 is 0 Å². The monoisotopic (exact) mass is 223 g/mol. The zero-order chi connectivity index (χ0) is 11.8. The minimum Gasteiger partial charge on any atom is -0.275 e. The van der Waals surface area contributed by atoms with Crippen molar-refractivity contribution in [1.82, 2.24) is 14.8 Å². The highest BCUT2D eigenvalue weighted by Crippen LogP contribution is 2.28. The van der Waals surface area contributed by atoms with E-state index in [1.807, 2.05) is 43.3 Å². The number of aryl methyl sites for hydroxylation is 2. The normalized spacial score (nSPS) is 10.9. The maximum Gasteiger partial charge on any atom is 0.0568 e. The van der Waals surface area contributed by atoms with Crippen molar-refractivity contribution in [3.63, 3.8) is 0 Å². The number of rotatable bonds is 1. The first kappa shape index (κ1) is 10.0. The number of benzene rings is 1. The SMILES string of the molecule is Cc1ncc(-c2cnn(C)c2)c2ccccc12. The molecular weight excluding hydrogens is 210 g/mol. The standard InChI is InChI=1S/C14H13N3/c1-10-12-5-3-4-6-13(12)14(8-15-10)11-7-16-17(2)9-11/h3-9H,1-2H3. The van der Waals surface area contributed by atoms with Crippen LogP contribution in [0.15, 0.2) is 42.9 Å². The van der Waals surface area contributed by atoms with Crippen LogP contribution in [-0.4, -0.2) is 14.8 Å². The molecule has 0 aliphatic carbocycles. The molecule has 0 spiro atoms. The molecular formula is C14H13N3. The topological polar surface area (TPSA) is 30.7 Å². The first-order chi connectivity index (χ1) is 8.25. The molecule has 0 radical (unpaired) electrons. The van der Waals surface area contributed by atoms with Gasteiger partial charge in [-0.2, -0.15) is 5.10 Å². The minimum absolute atomic E-state index is 1.06. The van der Waals surface area contributed by atoms with Crippen LogP contribution in [0.3, 0.4) is 0 Å². The Morgan fingerprint density at radius 1 is 1.06 bits per heavy atom. The fraction of sp³-hybridized carbons (Fsp3) is 0.143. The van der Waals surface area contributed by atoms with Gasteiger partial charge >= 0.3 is 0 Å². The highest BCUT2D eigenvalue weighted by atomic mass is 15.2. The average Bonchev–Trinajstić information content (AvgIpc) is 2.77. The van der Waals surface area contributed by atoms with Crippen molar-refractivity contribution < 1.29 is 0 Å². The number of aromatic nitrogens is 3. The van der Waals surface area contributed by atoms with E-state index in [1.165, 1.54) is 10.8 Å². The van der Waals surface area contributed by atoms with Crippen molar-refractivity contribution in [3.05, 3.63) is 48.5 Å². The van der Waals surface area contributed by atoms with E-state index in [2.05, 4.69) is 28.3 Å². The zero-order valence-corrected chi connectivity index (χ0v) is 9.88. The summed E-state index contributed by atoms with van der Waals surface area (Å²) in [6, 6.07) is 8.34. The van der Waals surface area contributed by atoms with Gasteiger partial charge in [0.15, 0.2) is 0 Å². The third-order valence-electron chi connectivity index (χ3n) is 3.01. The molecule has 2 aromatic heterocycles. The summed E-state index contributed by atoms with van der Waals surface area (Å²) in [5.41, 5.74) is 3.31. The van der Waals surface area contributed by atoms with Crippen LogP contribution in [0, 0.1) is 6.92 Å². The molecule has 0 unspecified atom stereocenters. The van der Waals surface area contributed by atoms with Crippen LogP contribution in [0.1, 0.15) is 5.69 Å². The molecule has 3 nitrogen and oxygen atoms in total. The Hall–Kier alpha value is -2.16. The van der Waals surface area contributed by atoms with Gasteiger partial charge in [-0.1, -0.05) is 24.3 Å². The summed E-state index contributed by atoms with van der Waals surface area (Å²) < 4.78 is 1.81. The molecule has 84 valence electrons. The van der Waals surface area contributed by atoms with Gasteiger partial charge in [-0.25, -0.2) is 0 Å². The van der Waals surface area contributed by atoms with Crippen LogP contribution in [0.25, 0.3) is 21.9 Å². The van der Waals surface area contributed by atoms with E-state index in [9.17, 15) is 0 Å². The lowest BCUT2D eigenvalue weighted by atomic mass is 10.0. The summed E-state index contributed by atoms with van der Waals surface area (Å²) in [4.78, 5) is 4.46. The van der Waals surface area contributed by atoms with E-state index in [4.69, 9.17) is 0 Å². The smallest absolute Gasteiger partial charge is 0.0568 e. The minimum atomic E-state index is 1.06. The van der Waals surface area contributed by atoms with Gasteiger partial charge in [0.25, 0.3) is 0 Å². The van der Waals surface area contributed by atoms with Gasteiger partial charge in [0.1, 0.15) is 0 Å². The van der Waals surface area contributed by atoms with Crippen molar-refractivity contribution in [2.75, 3.05) is 0 Å². The molecule has 1 aromatic carbocycles. The second-order valence-electron chi connectivity index (χ2n) is 4.21. The highest BCUT2D eigenvalue weighted by molar-refractivity contribution is 5.97. The maximum atomic E-state index is 4.46. The number of fused-ring (bicyclic) bond motifs is 1. The van der Waals surface area contributed by atoms with Crippen molar-refractivity contribution in [3.8, 4) is 11.1 Å². The molecule has 3 rings (SSSR count). The van der Waals surface area contributed by atoms with E-state index in [0.29, 0.717) is 0 Å². The van der Waals surface area contributed by atoms with Crippen LogP contribution in [0.4, 0.5) is 0 Å². The second-order valence-corrected chi connectivity index (χ2v) is 4.21. The maximum absolute atomic E-state index is 4.46. The first-order valence-electron chi connectivity index (χ1n) is 5.59. The van der Waals surface area contributed by atoms with E-state index in [0.717, 1.165) is 16.8 Å². The molecule has 0 atom stereocenters. The van der Waals surface area contributed by atoms with Gasteiger partial charge in [0.05, 0.1) is 6.20 Å². The molecule has 0 saturated carbocycles. The lowest BCUT2D eigenvalue weighted by Crippen LogP contribution is -1.87. The Labute approximate surface area is 99.7 Å². The van der Waals surface area contributed by atoms with Gasteiger partial charge in [0, 0.05) is 41.6 Å². The Kier molecular flexibility index (Phi) is 2.18. The third-order valence-corrected chi connectivity index (χ3v) is 3.01. The predicted molar refractivity (Wildman–Crippen MR) is 68.7 cm³/mol. The van der Waals surface area contributed by atoms with Crippen molar-refractivity contribution in [2.45, 2.75) is 6.92 Å². The van der Waals surface area contributed by atoms with E-state index < -0.39 is 0 Å². The molecule has 3 aromatic rings. The fourth-order valence-electron chi connectivity index (χ4n) is 2.12. The second kappa shape index (κ2) is 3.70. The van der Waals surface area contributed by atoms with Gasteiger partial charge in [0.2, 0.25) is 0 Å². The largest absolute Gasteiger partial charge is 0.275 e. The molecule has 0 fully saturated rings. The van der Waals surface area contributed by atoms with Crippen molar-refractivity contribution in [1.29, 1.82) is 0 Å². The summed E-state index contributed by atoms with van der Waals surface area (Å²) in [5.74, 6) is 0. The molecule has 0 aliphatic heterocycles. The first-order valence-corrected chi connectivity index (χ1v) is 5.59. The number of pyridine rings is 1. The van der Waals surface area contributed by atoms with E-state index >= 15 is 0 Å². The van der Waals surface area contributed by atoms with Crippen LogP contribution in [0.5, 0.6) is 0 Å². The van der Waals surface area contributed by atoms with Crippen LogP contribution in [-0.2, 0) is 7.05 Å². The molecule has 0 bridgehead atoms. The van der Waals surface area contributed by atoms with Gasteiger partial charge in [-0.15, -0.1) is 0 Å². The number of hydrogen-bond donors (Lipinski definition) is 0. The lowest BCUT2D eigenvalue weighted by Gasteiger charge is -2.06. The molecule has 0 amide bonds. The van der Waals surface area contributed by atoms with Gasteiger partial charge in [-0.05, 0) is 12.3 Å². The Balaban J connectivity index is 2.34. The molecule has 0 saturated heterocycles. The van der Waals surface area contributed by atoms with E-state index in [1.54, 1.807) is 0 Å². The molecule has 0 aliphatic rings. The summed E-state index contributed by atoms with van der Waals surface area (Å²) in [6.07, 6.45) is 5.81. The summed E-state index contributed by atoms with van der Waals surface area (Å²) >= 11 is 0. The van der Waals surface area contributed by atoms with Crippen molar-refractivity contribution in [2.24, 2.45) is 7.05 Å². The Morgan fingerprint density at radius 3 is 2.53 bits per heavy atom. The third kappa shape index (κ3) is 1.60. The highest BCUT2D eigenvalue weighted by Gasteiger charge is 2.07. The Bertz CT molecular complexity index is 683. The van der Waals surface area contributed by atoms with Crippen LogP contribution < -0.4 is 0 Å². The van der Waals surface area contributed by atoms with Gasteiger partial charge in [-0.3, -0.25) is 9.67 Å². The summed E-state index contributed by atoms with van der Waals surface area (Å²) in [5, 5.41) is 6.64. The Morgan fingerprint density at radius 2 is 1.82 bits per heavy atom. The average molecular weight is 223 g/mol. The van der Waals surface area contributed by atoms with Crippen LogP contribution in [0.2, 0.25) is 0 Å². The zero-order valence-electron chi connectivity index (χ0n) is 9.88. The molecule has 17 heavy (non-hydrogen) atoms. The predicted octanol–water partition coefficient (Wildman–Crippen LogP) is 2.94. The summed E-state index contributed by atoms with van der Waals surface area (Å²) in [6.45, 7) is 2.04. The van der Waals surface area contributed by atoms with Crippen LogP contribution >= 0.6 is 0 Å². The van der Waals surface area contributed by atoms with Crippen molar-refractivity contribution >= 4 is 10.8 Å². The fourth-order valence-corrected chi connectivity index (χ4v) is 2.12. The lowest BCUT2D eigenvalue weighted by molar-refractivity contribution is 0.768. The molecule has 3 heteroatoms. The quantitative estimate of drug-likeness (QED) is 0.635. The summed E-state index contributed by atoms with van der Waals surface area (Å²) in [7, 11) is 1.92. The number of hydrogen-bond acceptors (Lipinski definition) is 2. The van der Waals surface area contributed by atoms with E-state index in [-0.39, 0.29) is 0 Å². The number of nitrogens with zero attached hydrogens (tertiary/aromatic N) is 3. The molecule has 2 heterocycles. The molecule has 0 N–H and O–H groups in total.